The van der Waals surface area contributed by atoms with E-state index in [4.69, 9.17) is 18.9 Å². The standard InChI is InChI=1S/C35H68O13/c1-22(13-27(41)35(21-37,45-12)48-30(29(43)44)47-26(17-36)23(2)38)18-46-28(42)16-34(10,11)20-33(8,9)15-25(40)24(39)14-32(6,7)19-31(3,4)5/h13,23-27,29-30,36-41,43-44H,14-21H2,1-12H3/b22-13+/t23-,24?,25?,26?,27+,30?,35-/m0/s1. The van der Waals surface area contributed by atoms with Crippen molar-refractivity contribution in [3.8, 4) is 0 Å². The van der Waals surface area contributed by atoms with Crippen LogP contribution in [0.3, 0.4) is 0 Å². The molecule has 48 heavy (non-hydrogen) atoms. The van der Waals surface area contributed by atoms with Gasteiger partial charge >= 0.3 is 5.97 Å². The van der Waals surface area contributed by atoms with Gasteiger partial charge in [-0.1, -0.05) is 62.3 Å². The van der Waals surface area contributed by atoms with Crippen molar-refractivity contribution in [1.82, 2.24) is 0 Å². The van der Waals surface area contributed by atoms with E-state index in [1.807, 2.05) is 27.7 Å². The van der Waals surface area contributed by atoms with Gasteiger partial charge < -0.3 is 59.8 Å². The van der Waals surface area contributed by atoms with Gasteiger partial charge in [-0.2, -0.15) is 0 Å². The molecule has 0 aliphatic rings. The van der Waals surface area contributed by atoms with Crippen molar-refractivity contribution >= 4 is 5.97 Å². The summed E-state index contributed by atoms with van der Waals surface area (Å²) in [6.07, 6.45) is -6.69. The number of esters is 1. The summed E-state index contributed by atoms with van der Waals surface area (Å²) in [5, 5.41) is 81.2. The molecule has 13 nitrogen and oxygen atoms in total. The van der Waals surface area contributed by atoms with E-state index in [0.29, 0.717) is 24.8 Å². The molecule has 4 unspecified atom stereocenters. The third-order valence-electron chi connectivity index (χ3n) is 8.06. The predicted molar refractivity (Wildman–Crippen MR) is 180 cm³/mol. The quantitative estimate of drug-likeness (QED) is 0.0438. The van der Waals surface area contributed by atoms with E-state index < -0.39 is 78.9 Å². The Bertz CT molecular complexity index is 964. The fourth-order valence-corrected chi connectivity index (χ4v) is 6.69. The van der Waals surface area contributed by atoms with Gasteiger partial charge in [-0.3, -0.25) is 4.79 Å². The Hall–Kier alpha value is -1.23. The highest BCUT2D eigenvalue weighted by atomic mass is 16.8. The molecule has 7 atom stereocenters. The molecule has 0 rings (SSSR count). The minimum atomic E-state index is -2.30. The maximum Gasteiger partial charge on any atom is 0.306 e. The highest BCUT2D eigenvalue weighted by molar-refractivity contribution is 5.70. The average molecular weight is 697 g/mol. The van der Waals surface area contributed by atoms with Gasteiger partial charge in [0.25, 0.3) is 0 Å². The van der Waals surface area contributed by atoms with Crippen LogP contribution in [0.25, 0.3) is 0 Å². The van der Waals surface area contributed by atoms with Gasteiger partial charge in [-0.15, -0.1) is 0 Å². The zero-order valence-corrected chi connectivity index (χ0v) is 31.4. The predicted octanol–water partition coefficient (Wildman–Crippen LogP) is 2.38. The number of methoxy groups -OCH3 is 1. The summed E-state index contributed by atoms with van der Waals surface area (Å²) in [6, 6.07) is 0. The van der Waals surface area contributed by atoms with Crippen molar-refractivity contribution in [1.29, 1.82) is 0 Å². The molecule has 0 amide bonds. The molecule has 0 aromatic carbocycles. The van der Waals surface area contributed by atoms with E-state index in [1.54, 1.807) is 6.92 Å². The molecule has 0 heterocycles. The van der Waals surface area contributed by atoms with Crippen molar-refractivity contribution in [3.63, 3.8) is 0 Å². The molecule has 0 aromatic rings. The number of hydrogen-bond acceptors (Lipinski definition) is 13. The number of carbonyl (C=O) groups is 1. The summed E-state index contributed by atoms with van der Waals surface area (Å²) in [4.78, 5) is 12.8. The first-order chi connectivity index (χ1) is 21.6. The Balaban J connectivity index is 5.36. The van der Waals surface area contributed by atoms with Crippen LogP contribution in [0.4, 0.5) is 0 Å². The highest BCUT2D eigenvalue weighted by Crippen LogP contribution is 2.42. The topological polar surface area (TPSA) is 216 Å². The van der Waals surface area contributed by atoms with Crippen LogP contribution in [0.5, 0.6) is 0 Å². The zero-order chi connectivity index (χ0) is 37.9. The lowest BCUT2D eigenvalue weighted by molar-refractivity contribution is -0.380. The molecule has 0 saturated heterocycles. The number of hydrogen-bond donors (Lipinski definition) is 8. The maximum absolute atomic E-state index is 12.8. The molecule has 0 saturated carbocycles. The minimum absolute atomic E-state index is 0.0635. The van der Waals surface area contributed by atoms with Crippen LogP contribution in [-0.4, -0.2) is 123 Å². The van der Waals surface area contributed by atoms with E-state index in [1.165, 1.54) is 13.0 Å². The Morgan fingerprint density at radius 2 is 1.29 bits per heavy atom. The van der Waals surface area contributed by atoms with Crippen LogP contribution in [0.15, 0.2) is 11.6 Å². The van der Waals surface area contributed by atoms with Crippen LogP contribution in [-0.2, 0) is 23.7 Å². The van der Waals surface area contributed by atoms with Crippen molar-refractivity contribution in [2.45, 2.75) is 157 Å². The average Bonchev–Trinajstić information content (AvgIpc) is 2.88. The number of ether oxygens (including phenoxy) is 4. The van der Waals surface area contributed by atoms with Crippen LogP contribution in [0.2, 0.25) is 0 Å². The Labute approximate surface area is 287 Å². The summed E-state index contributed by atoms with van der Waals surface area (Å²) >= 11 is 0. The van der Waals surface area contributed by atoms with Gasteiger partial charge in [0.1, 0.15) is 25.4 Å². The first-order valence-electron chi connectivity index (χ1n) is 16.7. The lowest BCUT2D eigenvalue weighted by Gasteiger charge is -2.39. The van der Waals surface area contributed by atoms with Gasteiger partial charge in [-0.05, 0) is 72.8 Å². The molecule has 8 N–H and O–H groups in total. The second kappa shape index (κ2) is 19.4. The normalized spacial score (nSPS) is 19.0. The minimum Gasteiger partial charge on any atom is -0.461 e. The molecule has 0 bridgehead atoms. The maximum atomic E-state index is 12.8. The smallest absolute Gasteiger partial charge is 0.306 e. The van der Waals surface area contributed by atoms with Crippen LogP contribution >= 0.6 is 0 Å². The monoisotopic (exact) mass is 696 g/mol. The molecule has 13 heteroatoms. The van der Waals surface area contributed by atoms with E-state index >= 15 is 0 Å². The van der Waals surface area contributed by atoms with Crippen molar-refractivity contribution < 1.29 is 64.6 Å². The fraction of sp³-hybridized carbons (Fsp3) is 0.914. The van der Waals surface area contributed by atoms with Crippen molar-refractivity contribution in [2.24, 2.45) is 21.7 Å². The molecule has 286 valence electrons. The van der Waals surface area contributed by atoms with E-state index in [9.17, 15) is 45.6 Å². The second-order valence-corrected chi connectivity index (χ2v) is 16.9. The van der Waals surface area contributed by atoms with Gasteiger partial charge in [0, 0.05) is 7.11 Å². The van der Waals surface area contributed by atoms with Crippen LogP contribution in [0.1, 0.15) is 108 Å². The molecule has 0 radical (unpaired) electrons. The fourth-order valence-electron chi connectivity index (χ4n) is 6.69. The molecule has 0 fully saturated rings. The molecule has 0 aliphatic heterocycles. The molecule has 0 spiro atoms. The van der Waals surface area contributed by atoms with Gasteiger partial charge in [0.2, 0.25) is 18.4 Å². The van der Waals surface area contributed by atoms with Crippen molar-refractivity contribution in [3.05, 3.63) is 11.6 Å². The molecular weight excluding hydrogens is 628 g/mol. The van der Waals surface area contributed by atoms with Gasteiger partial charge in [-0.25, -0.2) is 0 Å². The number of rotatable bonds is 23. The zero-order valence-electron chi connectivity index (χ0n) is 31.4. The first-order valence-corrected chi connectivity index (χ1v) is 16.7. The third kappa shape index (κ3) is 17.6. The SMILES string of the molecule is CO[C@@](CO)(OC(OC(CO)[C@H](C)O)C(O)O)[C@H](O)/C=C(\C)COC(=O)CC(C)(C)CC(C)(C)CC(O)C(O)CC(C)(C)CC(C)(C)C. The summed E-state index contributed by atoms with van der Waals surface area (Å²) in [6.45, 7) is 19.5. The van der Waals surface area contributed by atoms with Crippen molar-refractivity contribution in [2.75, 3.05) is 26.9 Å². The molecular formula is C35H68O13. The van der Waals surface area contributed by atoms with E-state index in [-0.39, 0.29) is 23.9 Å². The van der Waals surface area contributed by atoms with Gasteiger partial charge in [0.15, 0.2) is 0 Å². The summed E-state index contributed by atoms with van der Waals surface area (Å²) in [5.74, 6) is -2.75. The summed E-state index contributed by atoms with van der Waals surface area (Å²) < 4.78 is 21.3. The van der Waals surface area contributed by atoms with E-state index in [2.05, 4.69) is 34.6 Å². The molecule has 0 aliphatic carbocycles. The Kier molecular flexibility index (Phi) is 18.9. The molecule has 0 aromatic heterocycles. The third-order valence-corrected chi connectivity index (χ3v) is 8.06. The lowest BCUT2D eigenvalue weighted by atomic mass is 9.69. The number of carbonyl (C=O) groups excluding carboxylic acids is 1. The largest absolute Gasteiger partial charge is 0.461 e. The lowest BCUT2D eigenvalue weighted by Crippen LogP contribution is -2.55. The van der Waals surface area contributed by atoms with Crippen LogP contribution in [0, 0.1) is 21.7 Å². The van der Waals surface area contributed by atoms with E-state index in [0.717, 1.165) is 13.5 Å². The summed E-state index contributed by atoms with van der Waals surface area (Å²) in [5.41, 5.74) is -0.604. The van der Waals surface area contributed by atoms with Gasteiger partial charge in [0.05, 0.1) is 31.3 Å². The summed E-state index contributed by atoms with van der Waals surface area (Å²) in [7, 11) is 1.10. The van der Waals surface area contributed by atoms with Crippen LogP contribution < -0.4 is 0 Å². The first kappa shape index (κ1) is 46.8. The highest BCUT2D eigenvalue weighted by Gasteiger charge is 2.43. The second-order valence-electron chi connectivity index (χ2n) is 16.9. The number of aliphatic hydroxyl groups excluding tert-OH is 7. The Morgan fingerprint density at radius 1 is 0.792 bits per heavy atom. The Morgan fingerprint density at radius 3 is 1.69 bits per heavy atom. The number of aliphatic hydroxyl groups is 8.